The summed E-state index contributed by atoms with van der Waals surface area (Å²) in [6.45, 7) is 10.4. The number of carbonyl (C=O) groups is 1. The van der Waals surface area contributed by atoms with Crippen LogP contribution >= 0.6 is 11.3 Å². The van der Waals surface area contributed by atoms with Crippen LogP contribution in [0.15, 0.2) is 10.9 Å². The molecule has 0 aliphatic rings. The van der Waals surface area contributed by atoms with Crippen LogP contribution in [0.2, 0.25) is 0 Å². The summed E-state index contributed by atoms with van der Waals surface area (Å²) < 4.78 is 5.28. The fourth-order valence-corrected chi connectivity index (χ4v) is 2.74. The Bertz CT molecular complexity index is 429. The molecule has 0 aromatic carbocycles. The highest BCUT2D eigenvalue weighted by atomic mass is 32.1. The van der Waals surface area contributed by atoms with Crippen molar-refractivity contribution < 1.29 is 9.53 Å². The fourth-order valence-electron chi connectivity index (χ4n) is 2.09. The highest BCUT2D eigenvalue weighted by molar-refractivity contribution is 7.07. The van der Waals surface area contributed by atoms with Gasteiger partial charge in [0.05, 0.1) is 11.2 Å². The molecule has 0 radical (unpaired) electrons. The van der Waals surface area contributed by atoms with Crippen molar-refractivity contribution in [1.29, 1.82) is 0 Å². The molecule has 1 amide bonds. The zero-order chi connectivity index (χ0) is 16.6. The van der Waals surface area contributed by atoms with Gasteiger partial charge >= 0.3 is 6.09 Å². The molecule has 0 spiro atoms. The van der Waals surface area contributed by atoms with Gasteiger partial charge in [0, 0.05) is 24.0 Å². The van der Waals surface area contributed by atoms with Crippen molar-refractivity contribution in [2.45, 2.75) is 71.6 Å². The van der Waals surface area contributed by atoms with Gasteiger partial charge in [-0.3, -0.25) is 0 Å². The smallest absolute Gasteiger partial charge is 0.407 e. The Balaban J connectivity index is 2.48. The number of nitrogens with zero attached hydrogens (tertiary/aromatic N) is 1. The SMILES string of the molecule is CCCCC(CNC(=O)OC(C)(C)C)NC(C)c1cscn1. The summed E-state index contributed by atoms with van der Waals surface area (Å²) >= 11 is 1.60. The van der Waals surface area contributed by atoms with Gasteiger partial charge in [-0.05, 0) is 34.1 Å². The third-order valence-electron chi connectivity index (χ3n) is 3.18. The van der Waals surface area contributed by atoms with Crippen molar-refractivity contribution in [1.82, 2.24) is 15.6 Å². The van der Waals surface area contributed by atoms with E-state index in [-0.39, 0.29) is 18.2 Å². The zero-order valence-corrected chi connectivity index (χ0v) is 15.1. The number of hydrogen-bond acceptors (Lipinski definition) is 5. The number of thiazole rings is 1. The van der Waals surface area contributed by atoms with Crippen LogP contribution in [0.5, 0.6) is 0 Å². The predicted octanol–water partition coefficient (Wildman–Crippen LogP) is 3.88. The van der Waals surface area contributed by atoms with Gasteiger partial charge in [0.25, 0.3) is 0 Å². The average molecular weight is 327 g/mol. The highest BCUT2D eigenvalue weighted by Gasteiger charge is 2.19. The molecule has 0 saturated heterocycles. The van der Waals surface area contributed by atoms with Crippen molar-refractivity contribution in [2.75, 3.05) is 6.54 Å². The minimum Gasteiger partial charge on any atom is -0.444 e. The molecule has 1 heterocycles. The number of aromatic nitrogens is 1. The summed E-state index contributed by atoms with van der Waals surface area (Å²) in [6.07, 6.45) is 2.91. The quantitative estimate of drug-likeness (QED) is 0.760. The molecule has 2 unspecified atom stereocenters. The van der Waals surface area contributed by atoms with Crippen molar-refractivity contribution in [2.24, 2.45) is 0 Å². The van der Waals surface area contributed by atoms with Crippen LogP contribution in [-0.2, 0) is 4.74 Å². The molecular weight excluding hydrogens is 298 g/mol. The van der Waals surface area contributed by atoms with Crippen LogP contribution in [0, 0.1) is 0 Å². The second kappa shape index (κ2) is 9.10. The van der Waals surface area contributed by atoms with Crippen LogP contribution in [0.25, 0.3) is 0 Å². The lowest BCUT2D eigenvalue weighted by atomic mass is 10.1. The Kier molecular flexibility index (Phi) is 7.82. The lowest BCUT2D eigenvalue weighted by Crippen LogP contribution is -2.43. The predicted molar refractivity (Wildman–Crippen MR) is 91.2 cm³/mol. The summed E-state index contributed by atoms with van der Waals surface area (Å²) in [7, 11) is 0. The average Bonchev–Trinajstić information content (AvgIpc) is 2.93. The van der Waals surface area contributed by atoms with E-state index in [1.165, 1.54) is 0 Å². The molecule has 1 aromatic heterocycles. The first kappa shape index (κ1) is 18.9. The number of hydrogen-bond donors (Lipinski definition) is 2. The summed E-state index contributed by atoms with van der Waals surface area (Å²) in [6, 6.07) is 0.387. The molecule has 126 valence electrons. The molecule has 0 aliphatic heterocycles. The van der Waals surface area contributed by atoms with Crippen LogP contribution in [0.4, 0.5) is 4.79 Å². The Hall–Kier alpha value is -1.14. The molecule has 2 N–H and O–H groups in total. The van der Waals surface area contributed by atoms with Gasteiger partial charge in [-0.25, -0.2) is 9.78 Å². The normalized spacial score (nSPS) is 14.4. The largest absolute Gasteiger partial charge is 0.444 e. The number of carbonyl (C=O) groups excluding carboxylic acids is 1. The Morgan fingerprint density at radius 2 is 2.18 bits per heavy atom. The van der Waals surface area contributed by atoms with E-state index in [2.05, 4.69) is 34.8 Å². The molecule has 1 rings (SSSR count). The summed E-state index contributed by atoms with van der Waals surface area (Å²) in [5.74, 6) is 0. The maximum atomic E-state index is 11.8. The fraction of sp³-hybridized carbons (Fsp3) is 0.750. The van der Waals surface area contributed by atoms with Gasteiger partial charge < -0.3 is 15.4 Å². The van der Waals surface area contributed by atoms with Crippen LogP contribution in [0.1, 0.15) is 65.6 Å². The number of alkyl carbamates (subject to hydrolysis) is 1. The monoisotopic (exact) mass is 327 g/mol. The molecule has 1 aromatic rings. The molecular formula is C16H29N3O2S. The number of nitrogens with one attached hydrogen (secondary N) is 2. The van der Waals surface area contributed by atoms with E-state index < -0.39 is 5.60 Å². The molecule has 22 heavy (non-hydrogen) atoms. The summed E-state index contributed by atoms with van der Waals surface area (Å²) in [5.41, 5.74) is 2.42. The second-order valence-electron chi connectivity index (χ2n) is 6.52. The van der Waals surface area contributed by atoms with E-state index in [4.69, 9.17) is 4.74 Å². The van der Waals surface area contributed by atoms with Crippen LogP contribution in [-0.4, -0.2) is 29.3 Å². The van der Waals surface area contributed by atoms with E-state index >= 15 is 0 Å². The molecule has 0 saturated carbocycles. The Morgan fingerprint density at radius 3 is 2.73 bits per heavy atom. The van der Waals surface area contributed by atoms with Gasteiger partial charge in [-0.15, -0.1) is 11.3 Å². The Labute approximate surface area is 137 Å². The number of rotatable bonds is 8. The van der Waals surface area contributed by atoms with Crippen molar-refractivity contribution in [3.63, 3.8) is 0 Å². The summed E-state index contributed by atoms with van der Waals surface area (Å²) in [5, 5.41) is 8.46. The van der Waals surface area contributed by atoms with Crippen molar-refractivity contribution >= 4 is 17.4 Å². The molecule has 0 aliphatic carbocycles. The van der Waals surface area contributed by atoms with Gasteiger partial charge in [0.2, 0.25) is 0 Å². The maximum absolute atomic E-state index is 11.8. The van der Waals surface area contributed by atoms with Gasteiger partial charge in [-0.1, -0.05) is 19.8 Å². The molecule has 0 fully saturated rings. The topological polar surface area (TPSA) is 63.2 Å². The van der Waals surface area contributed by atoms with Crippen molar-refractivity contribution in [3.8, 4) is 0 Å². The first-order valence-electron chi connectivity index (χ1n) is 7.92. The molecule has 2 atom stereocenters. The minimum absolute atomic E-state index is 0.175. The molecule has 0 bridgehead atoms. The number of ether oxygens (including phenoxy) is 1. The number of amides is 1. The maximum Gasteiger partial charge on any atom is 0.407 e. The van der Waals surface area contributed by atoms with Gasteiger partial charge in [0.15, 0.2) is 0 Å². The third kappa shape index (κ3) is 7.75. The van der Waals surface area contributed by atoms with Crippen molar-refractivity contribution in [3.05, 3.63) is 16.6 Å². The molecule has 5 nitrogen and oxygen atoms in total. The van der Waals surface area contributed by atoms with Gasteiger partial charge in [-0.2, -0.15) is 0 Å². The van der Waals surface area contributed by atoms with Crippen LogP contribution < -0.4 is 10.6 Å². The third-order valence-corrected chi connectivity index (χ3v) is 3.78. The zero-order valence-electron chi connectivity index (χ0n) is 14.3. The second-order valence-corrected chi connectivity index (χ2v) is 7.24. The highest BCUT2D eigenvalue weighted by Crippen LogP contribution is 2.14. The van der Waals surface area contributed by atoms with E-state index in [0.29, 0.717) is 6.54 Å². The first-order chi connectivity index (χ1) is 10.3. The first-order valence-corrected chi connectivity index (χ1v) is 8.87. The van der Waals surface area contributed by atoms with E-state index in [9.17, 15) is 4.79 Å². The van der Waals surface area contributed by atoms with E-state index in [1.54, 1.807) is 11.3 Å². The van der Waals surface area contributed by atoms with Crippen LogP contribution in [0.3, 0.4) is 0 Å². The molecule has 6 heteroatoms. The van der Waals surface area contributed by atoms with E-state index in [1.807, 2.05) is 26.3 Å². The van der Waals surface area contributed by atoms with Gasteiger partial charge in [0.1, 0.15) is 5.60 Å². The lowest BCUT2D eigenvalue weighted by Gasteiger charge is -2.24. The number of unbranched alkanes of at least 4 members (excludes halogenated alkanes) is 1. The summed E-state index contributed by atoms with van der Waals surface area (Å²) in [4.78, 5) is 16.1. The standard InChI is InChI=1S/C16H29N3O2S/c1-6-7-8-13(9-17-15(20)21-16(3,4)5)19-12(2)14-10-22-11-18-14/h10-13,19H,6-9H2,1-5H3,(H,17,20). The Morgan fingerprint density at radius 1 is 1.45 bits per heavy atom. The van der Waals surface area contributed by atoms with E-state index in [0.717, 1.165) is 25.0 Å². The minimum atomic E-state index is -0.468. The lowest BCUT2D eigenvalue weighted by molar-refractivity contribution is 0.0521.